The van der Waals surface area contributed by atoms with E-state index >= 15 is 0 Å². The summed E-state index contributed by atoms with van der Waals surface area (Å²) >= 11 is 0. The van der Waals surface area contributed by atoms with Gasteiger partial charge in [0.25, 0.3) is 0 Å². The van der Waals surface area contributed by atoms with Gasteiger partial charge in [-0.15, -0.1) is 6.58 Å². The lowest BCUT2D eigenvalue weighted by molar-refractivity contribution is 0.541. The molecule has 1 aromatic carbocycles. The van der Waals surface area contributed by atoms with Crippen molar-refractivity contribution in [3.63, 3.8) is 0 Å². The third-order valence-electron chi connectivity index (χ3n) is 4.47. The first kappa shape index (κ1) is 19.0. The van der Waals surface area contributed by atoms with Crippen molar-refractivity contribution in [2.24, 2.45) is 0 Å². The predicted molar refractivity (Wildman–Crippen MR) is 100 cm³/mol. The van der Waals surface area contributed by atoms with Crippen molar-refractivity contribution in [1.82, 2.24) is 0 Å². The third kappa shape index (κ3) is 11.6. The summed E-state index contributed by atoms with van der Waals surface area (Å²) in [6.07, 6.45) is 21.5. The maximum atomic E-state index is 3.77. The van der Waals surface area contributed by atoms with E-state index in [1.807, 2.05) is 6.08 Å². The molecule has 0 aliphatic rings. The summed E-state index contributed by atoms with van der Waals surface area (Å²) in [4.78, 5) is 0. The highest BCUT2D eigenvalue weighted by atomic mass is 14.0. The van der Waals surface area contributed by atoms with Crippen LogP contribution in [-0.2, 0) is 6.42 Å². The van der Waals surface area contributed by atoms with Gasteiger partial charge in [0.2, 0.25) is 0 Å². The van der Waals surface area contributed by atoms with Gasteiger partial charge in [-0.25, -0.2) is 0 Å². The molecule has 22 heavy (non-hydrogen) atoms. The molecule has 0 spiro atoms. The van der Waals surface area contributed by atoms with Gasteiger partial charge >= 0.3 is 0 Å². The molecule has 0 N–H and O–H groups in total. The van der Waals surface area contributed by atoms with Gasteiger partial charge in [-0.3, -0.25) is 0 Å². The Morgan fingerprint density at radius 1 is 0.591 bits per heavy atom. The first-order chi connectivity index (χ1) is 10.9. The lowest BCUT2D eigenvalue weighted by atomic mass is 10.0. The molecule has 0 aliphatic heterocycles. The minimum absolute atomic E-state index is 1.20. The molecule has 0 saturated carbocycles. The summed E-state index contributed by atoms with van der Waals surface area (Å²) in [7, 11) is 0. The highest BCUT2D eigenvalue weighted by Gasteiger charge is 1.95. The first-order valence-electron chi connectivity index (χ1n) is 9.58. The third-order valence-corrected chi connectivity index (χ3v) is 4.47. The van der Waals surface area contributed by atoms with Crippen molar-refractivity contribution in [2.45, 2.75) is 89.9 Å². The van der Waals surface area contributed by atoms with Crippen molar-refractivity contribution in [2.75, 3.05) is 0 Å². The van der Waals surface area contributed by atoms with Crippen LogP contribution in [0.3, 0.4) is 0 Å². The molecular formula is C22H36. The Hall–Kier alpha value is -1.04. The zero-order valence-electron chi connectivity index (χ0n) is 14.6. The molecule has 0 bridgehead atoms. The fourth-order valence-corrected chi connectivity index (χ4v) is 3.03. The minimum Gasteiger partial charge on any atom is -0.103 e. The van der Waals surface area contributed by atoms with Crippen LogP contribution >= 0.6 is 0 Å². The molecule has 124 valence electrons. The van der Waals surface area contributed by atoms with Crippen LogP contribution in [-0.4, -0.2) is 0 Å². The maximum Gasteiger partial charge on any atom is -0.0279 e. The van der Waals surface area contributed by atoms with Crippen molar-refractivity contribution in [3.8, 4) is 0 Å². The van der Waals surface area contributed by atoms with E-state index in [9.17, 15) is 0 Å². The topological polar surface area (TPSA) is 0 Å². The second-order valence-corrected chi connectivity index (χ2v) is 6.56. The van der Waals surface area contributed by atoms with Crippen LogP contribution in [0, 0.1) is 0 Å². The van der Waals surface area contributed by atoms with Gasteiger partial charge in [0.05, 0.1) is 0 Å². The van der Waals surface area contributed by atoms with Gasteiger partial charge in [0, 0.05) is 0 Å². The Morgan fingerprint density at radius 3 is 1.55 bits per heavy atom. The van der Waals surface area contributed by atoms with E-state index in [1.54, 1.807) is 0 Å². The molecule has 0 radical (unpaired) electrons. The normalized spacial score (nSPS) is 10.7. The number of allylic oxidation sites excluding steroid dienone is 1. The summed E-state index contributed by atoms with van der Waals surface area (Å²) in [5.74, 6) is 0. The van der Waals surface area contributed by atoms with E-state index < -0.39 is 0 Å². The van der Waals surface area contributed by atoms with E-state index in [2.05, 4.69) is 36.9 Å². The molecular weight excluding hydrogens is 264 g/mol. The molecule has 1 aromatic rings. The minimum atomic E-state index is 1.20. The number of rotatable bonds is 15. The number of hydrogen-bond acceptors (Lipinski definition) is 0. The van der Waals surface area contributed by atoms with E-state index in [-0.39, 0.29) is 0 Å². The van der Waals surface area contributed by atoms with Crippen LogP contribution in [0.2, 0.25) is 0 Å². The van der Waals surface area contributed by atoms with E-state index in [0.29, 0.717) is 0 Å². The summed E-state index contributed by atoms with van der Waals surface area (Å²) < 4.78 is 0. The van der Waals surface area contributed by atoms with Gasteiger partial charge < -0.3 is 0 Å². The lowest BCUT2D eigenvalue weighted by Crippen LogP contribution is -1.86. The molecule has 0 saturated heterocycles. The van der Waals surface area contributed by atoms with E-state index in [1.165, 1.54) is 95.5 Å². The molecule has 0 atom stereocenters. The van der Waals surface area contributed by atoms with Crippen LogP contribution < -0.4 is 0 Å². The lowest BCUT2D eigenvalue weighted by Gasteiger charge is -2.03. The molecule has 0 heterocycles. The zero-order chi connectivity index (χ0) is 15.7. The Balaban J connectivity index is 1.74. The smallest absolute Gasteiger partial charge is 0.0279 e. The van der Waals surface area contributed by atoms with Gasteiger partial charge in [-0.2, -0.15) is 0 Å². The summed E-state index contributed by atoms with van der Waals surface area (Å²) in [6, 6.07) is 10.9. The van der Waals surface area contributed by atoms with Crippen molar-refractivity contribution in [3.05, 3.63) is 48.6 Å². The molecule has 0 heteroatoms. The zero-order valence-corrected chi connectivity index (χ0v) is 14.6. The SMILES string of the molecule is C=CCCCCCCCCCCCCCCc1ccccc1. The fourth-order valence-electron chi connectivity index (χ4n) is 3.03. The largest absolute Gasteiger partial charge is 0.103 e. The van der Waals surface area contributed by atoms with E-state index in [0.717, 1.165) is 0 Å². The van der Waals surface area contributed by atoms with Crippen LogP contribution in [0.15, 0.2) is 43.0 Å². The summed E-state index contributed by atoms with van der Waals surface area (Å²) in [6.45, 7) is 3.77. The number of unbranched alkanes of at least 4 members (excludes halogenated alkanes) is 12. The van der Waals surface area contributed by atoms with Gasteiger partial charge in [0.15, 0.2) is 0 Å². The molecule has 1 rings (SSSR count). The highest BCUT2D eigenvalue weighted by molar-refractivity contribution is 5.14. The van der Waals surface area contributed by atoms with Gasteiger partial charge in [0.1, 0.15) is 0 Å². The van der Waals surface area contributed by atoms with Crippen molar-refractivity contribution < 1.29 is 0 Å². The molecule has 0 aliphatic carbocycles. The number of hydrogen-bond donors (Lipinski definition) is 0. The maximum absolute atomic E-state index is 3.77. The quantitative estimate of drug-likeness (QED) is 0.232. The first-order valence-corrected chi connectivity index (χ1v) is 9.58. The van der Waals surface area contributed by atoms with Crippen molar-refractivity contribution >= 4 is 0 Å². The second-order valence-electron chi connectivity index (χ2n) is 6.56. The van der Waals surface area contributed by atoms with Gasteiger partial charge in [-0.1, -0.05) is 101 Å². The summed E-state index contributed by atoms with van der Waals surface area (Å²) in [5.41, 5.74) is 1.50. The van der Waals surface area contributed by atoms with Crippen LogP contribution in [0.1, 0.15) is 89.0 Å². The number of benzene rings is 1. The molecule has 0 unspecified atom stereocenters. The van der Waals surface area contributed by atoms with Crippen molar-refractivity contribution in [1.29, 1.82) is 0 Å². The van der Waals surface area contributed by atoms with Crippen LogP contribution in [0.5, 0.6) is 0 Å². The fraction of sp³-hybridized carbons (Fsp3) is 0.636. The average Bonchev–Trinajstić information content (AvgIpc) is 2.56. The summed E-state index contributed by atoms with van der Waals surface area (Å²) in [5, 5.41) is 0. The molecule has 0 nitrogen and oxygen atoms in total. The highest BCUT2D eigenvalue weighted by Crippen LogP contribution is 2.13. The molecule has 0 amide bonds. The molecule has 0 fully saturated rings. The van der Waals surface area contributed by atoms with Crippen LogP contribution in [0.25, 0.3) is 0 Å². The monoisotopic (exact) mass is 300 g/mol. The Kier molecular flexibility index (Phi) is 12.9. The standard InChI is InChI=1S/C22H36/c1-2-3-4-5-6-7-8-9-10-11-12-13-14-16-19-22-20-17-15-18-21-22/h2,15,17-18,20-21H,1,3-14,16,19H2. The predicted octanol–water partition coefficient (Wildman–Crippen LogP) is 7.49. The Labute approximate surface area is 139 Å². The average molecular weight is 301 g/mol. The number of aryl methyl sites for hydroxylation is 1. The Morgan fingerprint density at radius 2 is 1.05 bits per heavy atom. The van der Waals surface area contributed by atoms with E-state index in [4.69, 9.17) is 0 Å². The Bertz CT molecular complexity index is 338. The second kappa shape index (κ2) is 14.9. The molecule has 0 aromatic heterocycles. The van der Waals surface area contributed by atoms with Gasteiger partial charge in [-0.05, 0) is 31.2 Å². The van der Waals surface area contributed by atoms with Crippen LogP contribution in [0.4, 0.5) is 0 Å².